The molecular weight excluding hydrogens is 1230 g/mol. The molecule has 0 spiro atoms. The maximum atomic E-state index is 15.3. The van der Waals surface area contributed by atoms with Crippen LogP contribution in [0.25, 0.3) is 0 Å². The molecule has 1 heterocycles. The average molecular weight is 1350 g/mol. The molecule has 0 bridgehead atoms. The number of aliphatic hydroxyl groups excluding tert-OH is 1. The summed E-state index contributed by atoms with van der Waals surface area (Å²) in [7, 11) is 11.4. The van der Waals surface area contributed by atoms with Crippen molar-refractivity contribution in [3.05, 3.63) is 42.0 Å². The maximum Gasteiger partial charge on any atom is 0.246 e. The highest BCUT2D eigenvalue weighted by Crippen LogP contribution is 2.28. The van der Waals surface area contributed by atoms with E-state index in [0.717, 1.165) is 15.4 Å². The van der Waals surface area contributed by atoms with E-state index in [2.05, 4.69) is 21.3 Å². The van der Waals surface area contributed by atoms with E-state index in [1.807, 2.05) is 53.7 Å². The Morgan fingerprint density at radius 2 is 0.969 bits per heavy atom. The summed E-state index contributed by atoms with van der Waals surface area (Å²) >= 11 is 0. The SMILES string of the molecule is C/C=C/C[C@@H](C)[C@@H](O)[C@H]1C(=O)N[C@@H](CC)C(=O)N(C)[C@H](C)C(=O)N(C)[C@@H](CC(C)(C)OCc2ccc(OC)cc2)C(=O)N[C@@H](C(C)C)C(=O)N(C)[C@@H](CC(C)C)C(=O)N[C@@H](C)C(=O)N[C@H](C)C(=O)N(C)[C@@H](CC(C)C)C(=O)N(C)[C@@H](CC(C)C)C(=O)N(C)[C@@H](C(C)C)C(=O)N1C. The first kappa shape index (κ1) is 84.9. The van der Waals surface area contributed by atoms with Gasteiger partial charge in [-0.3, -0.25) is 52.7 Å². The Morgan fingerprint density at radius 3 is 1.45 bits per heavy atom. The van der Waals surface area contributed by atoms with Crippen LogP contribution in [0.1, 0.15) is 169 Å². The first-order chi connectivity index (χ1) is 44.4. The summed E-state index contributed by atoms with van der Waals surface area (Å²) in [5.41, 5.74) is -0.361. The molecule has 0 radical (unpaired) electrons. The lowest BCUT2D eigenvalue weighted by Crippen LogP contribution is -2.64. The van der Waals surface area contributed by atoms with Gasteiger partial charge in [0, 0.05) is 55.8 Å². The van der Waals surface area contributed by atoms with E-state index >= 15 is 28.8 Å². The third-order valence-electron chi connectivity index (χ3n) is 18.3. The van der Waals surface area contributed by atoms with Gasteiger partial charge in [0.1, 0.15) is 72.2 Å². The van der Waals surface area contributed by atoms with E-state index in [1.54, 1.807) is 93.7 Å². The van der Waals surface area contributed by atoms with E-state index in [4.69, 9.17) is 9.47 Å². The van der Waals surface area contributed by atoms with E-state index in [0.29, 0.717) is 5.75 Å². The predicted octanol–water partition coefficient (Wildman–Crippen LogP) is 5.01. The second-order valence-corrected chi connectivity index (χ2v) is 28.9. The van der Waals surface area contributed by atoms with Gasteiger partial charge >= 0.3 is 0 Å². The lowest BCUT2D eigenvalue weighted by molar-refractivity contribution is -0.157. The van der Waals surface area contributed by atoms with Crippen molar-refractivity contribution in [2.75, 3.05) is 56.4 Å². The summed E-state index contributed by atoms with van der Waals surface area (Å²) in [6, 6.07) is -7.05. The number of likely N-dealkylation sites (N-methyl/N-ethyl adjacent to an activating group) is 7. The molecule has 1 aromatic carbocycles. The van der Waals surface area contributed by atoms with E-state index in [9.17, 15) is 29.1 Å². The highest BCUT2D eigenvalue weighted by atomic mass is 16.5. The van der Waals surface area contributed by atoms with Gasteiger partial charge in [-0.2, -0.15) is 0 Å². The Balaban J connectivity index is 3.07. The van der Waals surface area contributed by atoms with Crippen LogP contribution in [0, 0.1) is 35.5 Å². The number of methoxy groups -OCH3 is 1. The van der Waals surface area contributed by atoms with E-state index in [-0.39, 0.29) is 62.9 Å². The van der Waals surface area contributed by atoms with Gasteiger partial charge in [-0.1, -0.05) is 107 Å². The molecule has 0 aromatic heterocycles. The first-order valence-electron chi connectivity index (χ1n) is 34.1. The van der Waals surface area contributed by atoms with Gasteiger partial charge in [0.15, 0.2) is 0 Å². The van der Waals surface area contributed by atoms with Crippen LogP contribution in [0.2, 0.25) is 0 Å². The number of nitrogens with zero attached hydrogens (tertiary/aromatic N) is 7. The number of aliphatic hydroxyl groups is 1. The van der Waals surface area contributed by atoms with Crippen molar-refractivity contribution in [1.29, 1.82) is 0 Å². The molecular formula is C71H121N11O14. The predicted molar refractivity (Wildman–Crippen MR) is 370 cm³/mol. The normalized spacial score (nSPS) is 26.0. The summed E-state index contributed by atoms with van der Waals surface area (Å²) in [6.07, 6.45) is 2.58. The van der Waals surface area contributed by atoms with Crippen molar-refractivity contribution in [3.8, 4) is 5.75 Å². The Hall–Kier alpha value is -7.15. The zero-order valence-electron chi connectivity index (χ0n) is 62.7. The van der Waals surface area contributed by atoms with Gasteiger partial charge in [0.2, 0.25) is 65.0 Å². The van der Waals surface area contributed by atoms with Crippen molar-refractivity contribution in [3.63, 3.8) is 0 Å². The van der Waals surface area contributed by atoms with Crippen LogP contribution in [-0.4, -0.2) is 239 Å². The van der Waals surface area contributed by atoms with Crippen LogP contribution in [0.4, 0.5) is 0 Å². The van der Waals surface area contributed by atoms with Crippen molar-refractivity contribution in [2.45, 2.75) is 248 Å². The molecule has 1 saturated heterocycles. The van der Waals surface area contributed by atoms with E-state index in [1.165, 1.54) is 94.6 Å². The molecule has 11 amide bonds. The molecule has 1 aliphatic heterocycles. The topological polar surface area (TPSA) is 297 Å². The maximum absolute atomic E-state index is 15.3. The lowest BCUT2D eigenvalue weighted by Gasteiger charge is -2.41. The molecule has 0 saturated carbocycles. The van der Waals surface area contributed by atoms with Crippen LogP contribution in [0.15, 0.2) is 36.4 Å². The summed E-state index contributed by atoms with van der Waals surface area (Å²) in [6.45, 7) is 31.1. The van der Waals surface area contributed by atoms with Crippen LogP contribution >= 0.6 is 0 Å². The first-order valence-corrected chi connectivity index (χ1v) is 34.1. The summed E-state index contributed by atoms with van der Waals surface area (Å²) in [4.78, 5) is 172. The fourth-order valence-corrected chi connectivity index (χ4v) is 11.9. The Kier molecular flexibility index (Phi) is 33.7. The van der Waals surface area contributed by atoms with Crippen LogP contribution < -0.4 is 26.0 Å². The number of rotatable bonds is 19. The fourth-order valence-electron chi connectivity index (χ4n) is 11.9. The monoisotopic (exact) mass is 1350 g/mol. The quantitative estimate of drug-likeness (QED) is 0.114. The van der Waals surface area contributed by atoms with Crippen LogP contribution in [0.3, 0.4) is 0 Å². The summed E-state index contributed by atoms with van der Waals surface area (Å²) in [5.74, 6) is -9.53. The van der Waals surface area contributed by atoms with Crippen molar-refractivity contribution in [1.82, 2.24) is 55.6 Å². The smallest absolute Gasteiger partial charge is 0.246 e. The van der Waals surface area contributed by atoms with Gasteiger partial charge in [0.05, 0.1) is 25.4 Å². The Labute approximate surface area is 573 Å². The molecule has 1 aliphatic rings. The van der Waals surface area contributed by atoms with Crippen molar-refractivity contribution < 1.29 is 67.3 Å². The highest BCUT2D eigenvalue weighted by molar-refractivity contribution is 6.00. The Bertz CT molecular complexity index is 2830. The number of amides is 11. The fraction of sp³-hybridized carbons (Fsp3) is 0.732. The van der Waals surface area contributed by atoms with Gasteiger partial charge in [-0.15, -0.1) is 0 Å². The van der Waals surface area contributed by atoms with Gasteiger partial charge in [0.25, 0.3) is 0 Å². The number of ether oxygens (including phenoxy) is 2. The number of allylic oxidation sites excluding steroid dienone is 2. The molecule has 96 heavy (non-hydrogen) atoms. The molecule has 0 unspecified atom stereocenters. The second kappa shape index (κ2) is 38.1. The highest BCUT2D eigenvalue weighted by Gasteiger charge is 2.46. The molecule has 544 valence electrons. The van der Waals surface area contributed by atoms with Crippen molar-refractivity contribution >= 4 is 65.0 Å². The zero-order chi connectivity index (χ0) is 73.9. The Morgan fingerprint density at radius 1 is 0.510 bits per heavy atom. The molecule has 25 nitrogen and oxygen atoms in total. The van der Waals surface area contributed by atoms with Crippen LogP contribution in [0.5, 0.6) is 5.75 Å². The molecule has 1 fully saturated rings. The lowest BCUT2D eigenvalue weighted by atomic mass is 9.91. The van der Waals surface area contributed by atoms with Gasteiger partial charge in [-0.25, -0.2) is 0 Å². The van der Waals surface area contributed by atoms with Crippen molar-refractivity contribution in [2.24, 2.45) is 35.5 Å². The molecule has 5 N–H and O–H groups in total. The third-order valence-corrected chi connectivity index (χ3v) is 18.3. The van der Waals surface area contributed by atoms with Crippen LogP contribution in [-0.2, 0) is 64.1 Å². The number of carbonyl (C=O) groups excluding carboxylic acids is 11. The van der Waals surface area contributed by atoms with E-state index < -0.39 is 161 Å². The van der Waals surface area contributed by atoms with Gasteiger partial charge in [-0.05, 0) is 127 Å². The number of benzene rings is 1. The minimum Gasteiger partial charge on any atom is -0.497 e. The minimum absolute atomic E-state index is 0.0197. The summed E-state index contributed by atoms with van der Waals surface area (Å²) < 4.78 is 11.8. The molecule has 2 rings (SSSR count). The number of nitrogens with one attached hydrogen (secondary N) is 4. The molecule has 13 atom stereocenters. The standard InChI is InChI=1S/C71H121N11O14/c1-27-29-30-45(13)59(83)58-63(87)74-51(28-2)66(90)76(19)48(16)65(89)80(23)55(38-71(17,18)96-39-49-31-33-50(95-26)34-32-49)62(86)75-56(43(9)10)69(93)77(20)52(35-40(3)4)61(85)72-46(14)60(84)73-47(15)64(88)78(21)53(36-41(5)6)67(91)79(22)54(37-42(7)8)68(92)81(24)57(44(11)12)70(94)82(58)25/h27,29,31-34,40-48,51-59,83H,28,30,35-39H2,1-26H3,(H,72,85)(H,73,84)(H,74,87)(H,75,86)/b29-27+/t45-,46+,47-,48-,51+,52+,53+,54+,55+,56+,57+,58+,59-/m1/s1. The molecule has 25 heteroatoms. The molecule has 0 aliphatic carbocycles. The second-order valence-electron chi connectivity index (χ2n) is 28.9. The number of hydrogen-bond acceptors (Lipinski definition) is 14. The summed E-state index contributed by atoms with van der Waals surface area (Å²) in [5, 5.41) is 23.3. The number of carbonyl (C=O) groups is 11. The minimum atomic E-state index is -1.65. The zero-order valence-corrected chi connectivity index (χ0v) is 62.7. The number of hydrogen-bond donors (Lipinski definition) is 5. The molecule has 1 aromatic rings. The average Bonchev–Trinajstić information content (AvgIpc) is 0.812. The third kappa shape index (κ3) is 23.3. The van der Waals surface area contributed by atoms with Gasteiger partial charge < -0.3 is 70.1 Å². The largest absolute Gasteiger partial charge is 0.497 e.